The van der Waals surface area contributed by atoms with Crippen molar-refractivity contribution in [2.75, 3.05) is 0 Å². The molecule has 98 valence electrons. The molecule has 0 aliphatic carbocycles. The Balaban J connectivity index is 2.44. The largest absolute Gasteiger partial charge is 0.478 e. The van der Waals surface area contributed by atoms with Crippen molar-refractivity contribution in [3.05, 3.63) is 52.4 Å². The first-order chi connectivity index (χ1) is 8.99. The normalized spacial score (nSPS) is 11.1. The third-order valence-corrected chi connectivity index (χ3v) is 3.62. The highest BCUT2D eigenvalue weighted by atomic mass is 32.1. The fourth-order valence-corrected chi connectivity index (χ4v) is 2.56. The van der Waals surface area contributed by atoms with Gasteiger partial charge < -0.3 is 5.11 Å². The van der Waals surface area contributed by atoms with E-state index in [1.807, 2.05) is 0 Å². The van der Waals surface area contributed by atoms with Gasteiger partial charge in [-0.15, -0.1) is 11.3 Å². The molecule has 2 rings (SSSR count). The summed E-state index contributed by atoms with van der Waals surface area (Å²) in [5.41, 5.74) is 0.299. The van der Waals surface area contributed by atoms with Crippen molar-refractivity contribution in [1.29, 1.82) is 0 Å². The number of hydrogen-bond acceptors (Lipinski definition) is 2. The molecule has 0 saturated heterocycles. The smallest absolute Gasteiger partial charge is 0.328 e. The Morgan fingerprint density at radius 3 is 2.68 bits per heavy atom. The van der Waals surface area contributed by atoms with Gasteiger partial charge in [-0.1, -0.05) is 6.07 Å². The van der Waals surface area contributed by atoms with E-state index in [1.165, 1.54) is 18.2 Å². The van der Waals surface area contributed by atoms with Crippen LogP contribution in [0.4, 0.5) is 8.78 Å². The summed E-state index contributed by atoms with van der Waals surface area (Å²) in [7, 11) is 0. The van der Waals surface area contributed by atoms with Crippen LogP contribution in [0.2, 0.25) is 0 Å². The fraction of sp³-hybridized carbons (Fsp3) is 0.0714. The number of aliphatic carboxylic acids is 1. The Kier molecular flexibility index (Phi) is 3.76. The zero-order valence-corrected chi connectivity index (χ0v) is 10.8. The number of benzene rings is 1. The minimum Gasteiger partial charge on any atom is -0.478 e. The van der Waals surface area contributed by atoms with Gasteiger partial charge in [-0.2, -0.15) is 0 Å². The molecule has 0 spiro atoms. The van der Waals surface area contributed by atoms with E-state index in [0.717, 1.165) is 17.4 Å². The van der Waals surface area contributed by atoms with Gasteiger partial charge in [0.2, 0.25) is 0 Å². The molecular formula is C14H10F2O2S. The second kappa shape index (κ2) is 5.32. The van der Waals surface area contributed by atoms with E-state index in [2.05, 4.69) is 0 Å². The molecule has 0 fully saturated rings. The zero-order valence-electron chi connectivity index (χ0n) is 9.98. The molecule has 0 saturated carbocycles. The Morgan fingerprint density at radius 1 is 1.26 bits per heavy atom. The molecule has 2 aromatic rings. The molecule has 2 nitrogen and oxygen atoms in total. The third-order valence-electron chi connectivity index (χ3n) is 2.55. The SMILES string of the molecule is Cc1ccc(F)c(-c2ccc(/C=C/C(=O)O)s2)c1F. The van der Waals surface area contributed by atoms with Gasteiger partial charge in [0, 0.05) is 15.8 Å². The number of thiophene rings is 1. The lowest BCUT2D eigenvalue weighted by Crippen LogP contribution is -1.91. The predicted octanol–water partition coefficient (Wildman–Crippen LogP) is 4.10. The van der Waals surface area contributed by atoms with Crippen LogP contribution in [-0.4, -0.2) is 11.1 Å². The topological polar surface area (TPSA) is 37.3 Å². The molecule has 0 atom stereocenters. The van der Waals surface area contributed by atoms with E-state index in [4.69, 9.17) is 5.11 Å². The van der Waals surface area contributed by atoms with Crippen LogP contribution < -0.4 is 0 Å². The maximum absolute atomic E-state index is 13.9. The molecule has 1 N–H and O–H groups in total. The summed E-state index contributed by atoms with van der Waals surface area (Å²) in [6.45, 7) is 1.57. The van der Waals surface area contributed by atoms with Crippen LogP contribution in [0.5, 0.6) is 0 Å². The van der Waals surface area contributed by atoms with Crippen molar-refractivity contribution < 1.29 is 18.7 Å². The van der Waals surface area contributed by atoms with Gasteiger partial charge in [0.25, 0.3) is 0 Å². The Labute approximate surface area is 112 Å². The number of aryl methyl sites for hydroxylation is 1. The first kappa shape index (κ1) is 13.4. The van der Waals surface area contributed by atoms with Crippen LogP contribution in [0.1, 0.15) is 10.4 Å². The number of carboxylic acids is 1. The summed E-state index contributed by atoms with van der Waals surface area (Å²) >= 11 is 1.13. The van der Waals surface area contributed by atoms with Crippen LogP contribution in [0, 0.1) is 18.6 Å². The van der Waals surface area contributed by atoms with Crippen LogP contribution in [-0.2, 0) is 4.79 Å². The maximum atomic E-state index is 13.9. The molecule has 0 aliphatic heterocycles. The summed E-state index contributed by atoms with van der Waals surface area (Å²) in [6, 6.07) is 5.81. The summed E-state index contributed by atoms with van der Waals surface area (Å²) < 4.78 is 27.6. The minimum absolute atomic E-state index is 0.0695. The van der Waals surface area contributed by atoms with E-state index >= 15 is 0 Å². The van der Waals surface area contributed by atoms with Gasteiger partial charge in [0.1, 0.15) is 11.6 Å². The van der Waals surface area contributed by atoms with Gasteiger partial charge in [0.05, 0.1) is 5.56 Å². The quantitative estimate of drug-likeness (QED) is 0.859. The number of carboxylic acid groups (broad SMARTS) is 1. The second-order valence-corrected chi connectivity index (χ2v) is 5.04. The maximum Gasteiger partial charge on any atom is 0.328 e. The lowest BCUT2D eigenvalue weighted by atomic mass is 10.1. The number of carbonyl (C=O) groups is 1. The van der Waals surface area contributed by atoms with E-state index in [-0.39, 0.29) is 5.56 Å². The van der Waals surface area contributed by atoms with Crippen molar-refractivity contribution in [3.63, 3.8) is 0 Å². The highest BCUT2D eigenvalue weighted by Crippen LogP contribution is 2.33. The summed E-state index contributed by atoms with van der Waals surface area (Å²) in [5, 5.41) is 8.52. The summed E-state index contributed by atoms with van der Waals surface area (Å²) in [6.07, 6.45) is 2.38. The summed E-state index contributed by atoms with van der Waals surface area (Å²) in [5.74, 6) is -2.28. The molecular weight excluding hydrogens is 270 g/mol. The highest BCUT2D eigenvalue weighted by Gasteiger charge is 2.15. The van der Waals surface area contributed by atoms with Crippen molar-refractivity contribution >= 4 is 23.4 Å². The fourth-order valence-electron chi connectivity index (χ4n) is 1.61. The van der Waals surface area contributed by atoms with Crippen LogP contribution in [0.25, 0.3) is 16.5 Å². The average molecular weight is 280 g/mol. The molecule has 0 amide bonds. The molecule has 0 radical (unpaired) electrons. The van der Waals surface area contributed by atoms with E-state index in [1.54, 1.807) is 19.1 Å². The van der Waals surface area contributed by atoms with Crippen molar-refractivity contribution in [1.82, 2.24) is 0 Å². The van der Waals surface area contributed by atoms with Gasteiger partial charge in [-0.05, 0) is 36.8 Å². The molecule has 19 heavy (non-hydrogen) atoms. The van der Waals surface area contributed by atoms with Crippen LogP contribution in [0.15, 0.2) is 30.3 Å². The molecule has 1 aromatic carbocycles. The Hall–Kier alpha value is -2.01. The van der Waals surface area contributed by atoms with Crippen molar-refractivity contribution in [2.45, 2.75) is 6.92 Å². The predicted molar refractivity (Wildman–Crippen MR) is 71.1 cm³/mol. The number of halogens is 2. The monoisotopic (exact) mass is 280 g/mol. The molecule has 0 aliphatic rings. The molecule has 1 aromatic heterocycles. The molecule has 0 unspecified atom stereocenters. The van der Waals surface area contributed by atoms with Gasteiger partial charge in [-0.25, -0.2) is 13.6 Å². The first-order valence-corrected chi connectivity index (χ1v) is 6.26. The minimum atomic E-state index is -1.07. The number of rotatable bonds is 3. The molecule has 1 heterocycles. The molecule has 0 bridgehead atoms. The zero-order chi connectivity index (χ0) is 14.0. The van der Waals surface area contributed by atoms with Crippen molar-refractivity contribution in [3.8, 4) is 10.4 Å². The van der Waals surface area contributed by atoms with Crippen molar-refractivity contribution in [2.24, 2.45) is 0 Å². The highest BCUT2D eigenvalue weighted by molar-refractivity contribution is 7.16. The van der Waals surface area contributed by atoms with Crippen LogP contribution >= 0.6 is 11.3 Å². The number of hydrogen-bond donors (Lipinski definition) is 1. The first-order valence-electron chi connectivity index (χ1n) is 5.45. The summed E-state index contributed by atoms with van der Waals surface area (Å²) in [4.78, 5) is 11.5. The Morgan fingerprint density at radius 2 is 2.00 bits per heavy atom. The average Bonchev–Trinajstić information content (AvgIpc) is 2.80. The lowest BCUT2D eigenvalue weighted by molar-refractivity contribution is -0.131. The van der Waals surface area contributed by atoms with Gasteiger partial charge in [0.15, 0.2) is 0 Å². The lowest BCUT2D eigenvalue weighted by Gasteiger charge is -2.04. The van der Waals surface area contributed by atoms with E-state index in [9.17, 15) is 13.6 Å². The van der Waals surface area contributed by atoms with Gasteiger partial charge in [-0.3, -0.25) is 0 Å². The van der Waals surface area contributed by atoms with E-state index in [0.29, 0.717) is 15.3 Å². The van der Waals surface area contributed by atoms with Gasteiger partial charge >= 0.3 is 5.97 Å². The third kappa shape index (κ3) is 2.88. The molecule has 5 heteroatoms. The second-order valence-electron chi connectivity index (χ2n) is 3.93. The standard InChI is InChI=1S/C14H10F2O2S/c1-8-2-5-10(15)13(14(8)16)11-6-3-9(19-11)4-7-12(17)18/h2-7H,1H3,(H,17,18)/b7-4+. The Bertz CT molecular complexity index is 659. The van der Waals surface area contributed by atoms with Crippen LogP contribution in [0.3, 0.4) is 0 Å². The van der Waals surface area contributed by atoms with E-state index < -0.39 is 17.6 Å².